The molecule has 8 heteroatoms. The highest BCUT2D eigenvalue weighted by atomic mass is 28.3. The molecule has 0 radical (unpaired) electrons. The zero-order chi connectivity index (χ0) is 41.9. The van der Waals surface area contributed by atoms with Gasteiger partial charge < -0.3 is 9.30 Å². The van der Waals surface area contributed by atoms with E-state index in [2.05, 4.69) is 63.6 Å². The Balaban J connectivity index is 1.05. The van der Waals surface area contributed by atoms with E-state index >= 15 is 0 Å². The predicted molar refractivity (Wildman–Crippen MR) is 241 cm³/mol. The Morgan fingerprint density at radius 1 is 0.700 bits per heavy atom. The van der Waals surface area contributed by atoms with Crippen LogP contribution in [0.3, 0.4) is 0 Å². The van der Waals surface area contributed by atoms with Crippen LogP contribution in [0, 0.1) is 5.92 Å². The number of ether oxygens (including phenoxy) is 1. The number of hydrogen-bond donors (Lipinski definition) is 1. The molecule has 0 spiro atoms. The first-order valence-corrected chi connectivity index (χ1v) is 23.6. The second-order valence-electron chi connectivity index (χ2n) is 17.1. The summed E-state index contributed by atoms with van der Waals surface area (Å²) in [6.45, 7) is 11.2. The van der Waals surface area contributed by atoms with Crippen molar-refractivity contribution in [2.45, 2.75) is 63.6 Å². The molecule has 302 valence electrons. The number of nitrogens with one attached hydrogen (secondary N) is 1. The fourth-order valence-corrected chi connectivity index (χ4v) is 10.6. The van der Waals surface area contributed by atoms with E-state index in [0.717, 1.165) is 50.0 Å². The average Bonchev–Trinajstić information content (AvgIpc) is 3.27. The van der Waals surface area contributed by atoms with Crippen molar-refractivity contribution < 1.29 is 19.2 Å². The van der Waals surface area contributed by atoms with Gasteiger partial charge in [-0.1, -0.05) is 186 Å². The van der Waals surface area contributed by atoms with Gasteiger partial charge in [0.05, 0.1) is 17.1 Å². The molecule has 1 fully saturated rings. The molecule has 1 aliphatic heterocycles. The van der Waals surface area contributed by atoms with Crippen LogP contribution in [-0.4, -0.2) is 35.6 Å². The van der Waals surface area contributed by atoms with Gasteiger partial charge in [-0.05, 0) is 58.0 Å². The zero-order valence-electron chi connectivity index (χ0n) is 34.8. The minimum atomic E-state index is -2.49. The molecule has 7 nitrogen and oxygen atoms in total. The van der Waals surface area contributed by atoms with E-state index in [1.165, 1.54) is 0 Å². The van der Waals surface area contributed by atoms with Gasteiger partial charge in [-0.15, -0.1) is 0 Å². The van der Waals surface area contributed by atoms with Crippen LogP contribution in [0.4, 0.5) is 0 Å². The van der Waals surface area contributed by atoms with Crippen LogP contribution in [-0.2, 0) is 33.1 Å². The number of nitrogens with zero attached hydrogens (tertiary/aromatic N) is 2. The monoisotopic (exact) mass is 809 g/mol. The fraction of sp³-hybridized carbons (Fsp3) is 0.212. The quantitative estimate of drug-likeness (QED) is 0.0543. The maximum atomic E-state index is 14.7. The van der Waals surface area contributed by atoms with Gasteiger partial charge in [0.1, 0.15) is 18.4 Å². The number of benzene rings is 6. The Hall–Kier alpha value is -6.35. The third-order valence-electron chi connectivity index (χ3n) is 12.4. The number of para-hydroxylation sites is 1. The number of carbonyl (C=O) groups is 2. The Kier molecular flexibility index (Phi) is 11.3. The summed E-state index contributed by atoms with van der Waals surface area (Å²) in [5.41, 5.74) is 9.22. The number of carbonyl (C=O) groups excluding carboxylic acids is 2. The van der Waals surface area contributed by atoms with Crippen LogP contribution in [0.15, 0.2) is 176 Å². The van der Waals surface area contributed by atoms with Gasteiger partial charge in [0.2, 0.25) is 5.91 Å². The minimum Gasteiger partial charge on any atom is -0.489 e. The molecule has 2 amide bonds. The average molecular weight is 810 g/mol. The maximum absolute atomic E-state index is 14.7. The molecule has 0 aliphatic carbocycles. The molecule has 1 aromatic heterocycles. The van der Waals surface area contributed by atoms with Crippen molar-refractivity contribution in [3.63, 3.8) is 0 Å². The van der Waals surface area contributed by atoms with Crippen molar-refractivity contribution in [3.8, 4) is 17.0 Å². The van der Waals surface area contributed by atoms with Crippen molar-refractivity contribution >= 4 is 31.0 Å². The smallest absolute Gasteiger partial charge is 0.266 e. The number of aromatic nitrogens is 1. The van der Waals surface area contributed by atoms with Crippen LogP contribution >= 0.6 is 0 Å². The Morgan fingerprint density at radius 3 is 1.77 bits per heavy atom. The van der Waals surface area contributed by atoms with Crippen LogP contribution in [0.25, 0.3) is 22.2 Å². The summed E-state index contributed by atoms with van der Waals surface area (Å²) < 4.78 is 8.26. The zero-order valence-corrected chi connectivity index (χ0v) is 35.8. The molecule has 1 aliphatic rings. The Morgan fingerprint density at radius 2 is 1.22 bits per heavy atom. The third kappa shape index (κ3) is 7.76. The van der Waals surface area contributed by atoms with Gasteiger partial charge in [-0.25, -0.2) is 10.5 Å². The molecule has 0 saturated carbocycles. The van der Waals surface area contributed by atoms with Crippen LogP contribution in [0.2, 0.25) is 18.1 Å². The van der Waals surface area contributed by atoms with E-state index in [4.69, 9.17) is 14.6 Å². The molecule has 8 rings (SSSR count). The topological polar surface area (TPSA) is 80.8 Å². The highest BCUT2D eigenvalue weighted by Crippen LogP contribution is 2.46. The number of pyridine rings is 1. The maximum Gasteiger partial charge on any atom is 0.266 e. The van der Waals surface area contributed by atoms with Crippen molar-refractivity contribution in [1.82, 2.24) is 15.0 Å². The minimum absolute atomic E-state index is 0.00120. The van der Waals surface area contributed by atoms with E-state index in [1.54, 1.807) is 0 Å². The van der Waals surface area contributed by atoms with Gasteiger partial charge in [0.25, 0.3) is 5.91 Å². The van der Waals surface area contributed by atoms with E-state index in [9.17, 15) is 9.59 Å². The van der Waals surface area contributed by atoms with Crippen LogP contribution in [0.5, 0.6) is 5.75 Å². The van der Waals surface area contributed by atoms with Crippen molar-refractivity contribution in [3.05, 3.63) is 204 Å². The summed E-state index contributed by atoms with van der Waals surface area (Å²) in [5.74, 6) is -0.184. The number of hydrogen-bond acceptors (Lipinski definition) is 5. The molecular formula is C52H51N3O4Si. The van der Waals surface area contributed by atoms with Crippen LogP contribution < -0.4 is 10.2 Å². The summed E-state index contributed by atoms with van der Waals surface area (Å²) in [6, 6.07) is 57.3. The summed E-state index contributed by atoms with van der Waals surface area (Å²) in [7, 11) is -2.49. The van der Waals surface area contributed by atoms with Crippen molar-refractivity contribution in [2.24, 2.45) is 5.92 Å². The molecular weight excluding hydrogens is 759 g/mol. The lowest BCUT2D eigenvalue weighted by atomic mass is 9.80. The first-order valence-electron chi connectivity index (χ1n) is 20.6. The highest BCUT2D eigenvalue weighted by Gasteiger charge is 2.60. The first kappa shape index (κ1) is 40.4. The molecule has 2 atom stereocenters. The predicted octanol–water partition coefficient (Wildman–Crippen LogP) is 10.9. The SMILES string of the molecule is CC(C)(C)[Si](C)(C)N1C(=O)[C@H](Cc2ccc(OCc3cc(-c4ccccc4)nc4ccccc34)cc2)[C@H]1C(=O)NOC(c1ccccc1)(c1ccccc1)c1ccccc1. The largest absolute Gasteiger partial charge is 0.489 e. The summed E-state index contributed by atoms with van der Waals surface area (Å²) >= 11 is 0. The lowest BCUT2D eigenvalue weighted by molar-refractivity contribution is -0.165. The van der Waals surface area contributed by atoms with Gasteiger partial charge in [0, 0.05) is 16.5 Å². The summed E-state index contributed by atoms with van der Waals surface area (Å²) in [6.07, 6.45) is 0.402. The Labute approximate surface area is 354 Å². The van der Waals surface area contributed by atoms with E-state index in [0.29, 0.717) is 18.8 Å². The van der Waals surface area contributed by atoms with E-state index in [-0.39, 0.29) is 16.9 Å². The Bertz CT molecular complexity index is 2480. The number of rotatable bonds is 13. The molecule has 7 aromatic rings. The van der Waals surface area contributed by atoms with E-state index in [1.807, 2.05) is 156 Å². The normalized spacial score (nSPS) is 15.7. The van der Waals surface area contributed by atoms with E-state index < -0.39 is 25.8 Å². The first-order chi connectivity index (χ1) is 29.0. The van der Waals surface area contributed by atoms with Gasteiger partial charge in [0.15, 0.2) is 13.8 Å². The highest BCUT2D eigenvalue weighted by molar-refractivity contribution is 6.80. The van der Waals surface area contributed by atoms with Gasteiger partial charge in [-0.3, -0.25) is 14.4 Å². The molecule has 6 aromatic carbocycles. The molecule has 0 bridgehead atoms. The second kappa shape index (κ2) is 16.7. The summed E-state index contributed by atoms with van der Waals surface area (Å²) in [5, 5.41) is 0.862. The molecule has 1 N–H and O–H groups in total. The van der Waals surface area contributed by atoms with Gasteiger partial charge >= 0.3 is 0 Å². The summed E-state index contributed by atoms with van der Waals surface area (Å²) in [4.78, 5) is 40.8. The third-order valence-corrected chi connectivity index (χ3v) is 17.8. The lowest BCUT2D eigenvalue weighted by Gasteiger charge is -2.57. The standard InChI is InChI=1S/C52H51N3O4Si/c1-51(2,3)60(4,5)55-48(49(56)54-59-52(40-22-12-7-13-23-40,41-24-14-8-15-25-41)42-26-16-9-17-27-42)45(50(55)57)34-37-30-32-43(33-31-37)58-36-39-35-47(38-20-10-6-11-21-38)53-46-29-19-18-28-44(39)46/h6-33,35,45,48H,34,36H2,1-5H3,(H,54,56)/t45-,48+/m1/s1. The molecule has 2 heterocycles. The fourth-order valence-electron chi connectivity index (χ4n) is 8.18. The molecule has 0 unspecified atom stereocenters. The van der Waals surface area contributed by atoms with Gasteiger partial charge in [-0.2, -0.15) is 0 Å². The molecule has 1 saturated heterocycles. The number of fused-ring (bicyclic) bond motifs is 1. The number of β-lactam (4-membered cyclic amide) rings is 1. The van der Waals surface area contributed by atoms with Crippen molar-refractivity contribution in [2.75, 3.05) is 0 Å². The van der Waals surface area contributed by atoms with Crippen molar-refractivity contribution in [1.29, 1.82) is 0 Å². The lowest BCUT2D eigenvalue weighted by Crippen LogP contribution is -2.76. The number of hydroxylamine groups is 1. The number of amides is 2. The van der Waals surface area contributed by atoms with Crippen LogP contribution in [0.1, 0.15) is 48.6 Å². The molecule has 60 heavy (non-hydrogen) atoms. The second-order valence-corrected chi connectivity index (χ2v) is 22.2.